The first-order valence-electron chi connectivity index (χ1n) is 7.74. The number of carbonyl (C=O) groups excluding carboxylic acids is 1. The van der Waals surface area contributed by atoms with Crippen molar-refractivity contribution in [3.8, 4) is 0 Å². The van der Waals surface area contributed by atoms with Crippen LogP contribution in [0.2, 0.25) is 5.02 Å². The Bertz CT molecular complexity index is 495. The molecule has 1 unspecified atom stereocenters. The third kappa shape index (κ3) is 3.24. The Morgan fingerprint density at radius 2 is 2.14 bits per heavy atom. The fraction of sp³-hybridized carbons (Fsp3) is 0.588. The van der Waals surface area contributed by atoms with E-state index in [-0.39, 0.29) is 11.3 Å². The molecule has 0 radical (unpaired) electrons. The average molecular weight is 309 g/mol. The molecule has 0 aliphatic carbocycles. The van der Waals surface area contributed by atoms with Gasteiger partial charge in [-0.25, -0.2) is 0 Å². The Hall–Kier alpha value is -1.06. The van der Waals surface area contributed by atoms with E-state index in [0.717, 1.165) is 30.1 Å². The lowest BCUT2D eigenvalue weighted by Gasteiger charge is -2.36. The number of carbonyl (C=O) groups is 1. The number of amides is 1. The summed E-state index contributed by atoms with van der Waals surface area (Å²) < 4.78 is 0. The summed E-state index contributed by atoms with van der Waals surface area (Å²) in [5, 5.41) is 4.08. The molecule has 1 fully saturated rings. The standard InChI is InChI=1S/C17H25ClN2O/c1-4-20(11-14-7-5-6-8-15(14)18)16(21)17(13(2)3)9-10-19-12-17/h5-8,13,19H,4,9-12H2,1-3H3. The number of benzene rings is 1. The number of nitrogens with zero attached hydrogens (tertiary/aromatic N) is 1. The predicted octanol–water partition coefficient (Wildman–Crippen LogP) is 3.32. The molecular formula is C17H25ClN2O. The van der Waals surface area contributed by atoms with Crippen LogP contribution < -0.4 is 5.32 Å². The molecule has 2 rings (SSSR count). The van der Waals surface area contributed by atoms with Crippen molar-refractivity contribution in [2.45, 2.75) is 33.7 Å². The quantitative estimate of drug-likeness (QED) is 0.905. The first-order chi connectivity index (χ1) is 10.0. The SMILES string of the molecule is CCN(Cc1ccccc1Cl)C(=O)C1(C(C)C)CCNC1. The topological polar surface area (TPSA) is 32.3 Å². The van der Waals surface area contributed by atoms with Gasteiger partial charge in [0.25, 0.3) is 0 Å². The summed E-state index contributed by atoms with van der Waals surface area (Å²) in [6.45, 7) is 9.33. The van der Waals surface area contributed by atoms with E-state index in [1.165, 1.54) is 0 Å². The molecular weight excluding hydrogens is 284 g/mol. The van der Waals surface area contributed by atoms with Gasteiger partial charge in [-0.3, -0.25) is 4.79 Å². The molecule has 1 amide bonds. The number of hydrogen-bond donors (Lipinski definition) is 1. The molecule has 0 saturated carbocycles. The molecule has 4 heteroatoms. The van der Waals surface area contributed by atoms with Crippen molar-refractivity contribution >= 4 is 17.5 Å². The van der Waals surface area contributed by atoms with E-state index in [4.69, 9.17) is 11.6 Å². The number of rotatable bonds is 5. The normalized spacial score (nSPS) is 21.8. The van der Waals surface area contributed by atoms with Gasteiger partial charge in [0.15, 0.2) is 0 Å². The summed E-state index contributed by atoms with van der Waals surface area (Å²) in [6, 6.07) is 7.76. The average Bonchev–Trinajstić information content (AvgIpc) is 2.96. The lowest BCUT2D eigenvalue weighted by Crippen LogP contribution is -2.48. The van der Waals surface area contributed by atoms with Crippen molar-refractivity contribution in [3.05, 3.63) is 34.9 Å². The van der Waals surface area contributed by atoms with Crippen molar-refractivity contribution in [1.29, 1.82) is 0 Å². The van der Waals surface area contributed by atoms with Gasteiger partial charge in [-0.1, -0.05) is 43.6 Å². The summed E-state index contributed by atoms with van der Waals surface area (Å²) in [5.74, 6) is 0.588. The highest BCUT2D eigenvalue weighted by molar-refractivity contribution is 6.31. The zero-order valence-electron chi connectivity index (χ0n) is 13.2. The van der Waals surface area contributed by atoms with Crippen LogP contribution in [0.1, 0.15) is 32.8 Å². The number of hydrogen-bond acceptors (Lipinski definition) is 2. The molecule has 3 nitrogen and oxygen atoms in total. The van der Waals surface area contributed by atoms with E-state index in [0.29, 0.717) is 19.0 Å². The first kappa shape index (κ1) is 16.3. The summed E-state index contributed by atoms with van der Waals surface area (Å²) in [6.07, 6.45) is 0.919. The van der Waals surface area contributed by atoms with Crippen molar-refractivity contribution in [1.82, 2.24) is 10.2 Å². The molecule has 1 aliphatic rings. The van der Waals surface area contributed by atoms with Crippen LogP contribution in [0.25, 0.3) is 0 Å². The van der Waals surface area contributed by atoms with Gasteiger partial charge in [0.2, 0.25) is 5.91 Å². The summed E-state index contributed by atoms with van der Waals surface area (Å²) in [5.41, 5.74) is 0.747. The second kappa shape index (κ2) is 6.80. The molecule has 1 aliphatic heterocycles. The van der Waals surface area contributed by atoms with E-state index in [9.17, 15) is 4.79 Å². The van der Waals surface area contributed by atoms with Crippen LogP contribution in [-0.4, -0.2) is 30.4 Å². The minimum atomic E-state index is -0.267. The zero-order valence-corrected chi connectivity index (χ0v) is 13.9. The van der Waals surface area contributed by atoms with E-state index in [1.807, 2.05) is 36.1 Å². The third-order valence-electron chi connectivity index (χ3n) is 4.71. The third-order valence-corrected chi connectivity index (χ3v) is 5.08. The van der Waals surface area contributed by atoms with Crippen molar-refractivity contribution in [3.63, 3.8) is 0 Å². The van der Waals surface area contributed by atoms with Gasteiger partial charge < -0.3 is 10.2 Å². The molecule has 1 atom stereocenters. The molecule has 1 aromatic rings. The fourth-order valence-electron chi connectivity index (χ4n) is 3.11. The highest BCUT2D eigenvalue weighted by Crippen LogP contribution is 2.36. The number of nitrogens with one attached hydrogen (secondary N) is 1. The summed E-state index contributed by atoms with van der Waals surface area (Å²) >= 11 is 6.24. The van der Waals surface area contributed by atoms with Gasteiger partial charge in [-0.05, 0) is 37.4 Å². The molecule has 0 spiro atoms. The minimum Gasteiger partial charge on any atom is -0.338 e. The van der Waals surface area contributed by atoms with Gasteiger partial charge in [-0.2, -0.15) is 0 Å². The Balaban J connectivity index is 2.20. The molecule has 1 saturated heterocycles. The van der Waals surface area contributed by atoms with Gasteiger partial charge in [-0.15, -0.1) is 0 Å². The highest BCUT2D eigenvalue weighted by Gasteiger charge is 2.45. The van der Waals surface area contributed by atoms with E-state index >= 15 is 0 Å². The summed E-state index contributed by atoms with van der Waals surface area (Å²) in [7, 11) is 0. The largest absolute Gasteiger partial charge is 0.338 e. The van der Waals surface area contributed by atoms with E-state index in [2.05, 4.69) is 19.2 Å². The van der Waals surface area contributed by atoms with Gasteiger partial charge in [0.05, 0.1) is 5.41 Å². The predicted molar refractivity (Wildman–Crippen MR) is 87.3 cm³/mol. The van der Waals surface area contributed by atoms with Crippen LogP contribution in [0.5, 0.6) is 0 Å². The van der Waals surface area contributed by atoms with Crippen molar-refractivity contribution < 1.29 is 4.79 Å². The Labute approximate surface area is 132 Å². The molecule has 0 bridgehead atoms. The smallest absolute Gasteiger partial charge is 0.230 e. The van der Waals surface area contributed by atoms with E-state index in [1.54, 1.807) is 0 Å². The second-order valence-corrected chi connectivity index (χ2v) is 6.56. The summed E-state index contributed by atoms with van der Waals surface area (Å²) in [4.78, 5) is 15.0. The number of halogens is 1. The van der Waals surface area contributed by atoms with E-state index < -0.39 is 0 Å². The Morgan fingerprint density at radius 3 is 2.67 bits per heavy atom. The lowest BCUT2D eigenvalue weighted by atomic mass is 9.75. The maximum absolute atomic E-state index is 13.1. The van der Waals surface area contributed by atoms with Gasteiger partial charge >= 0.3 is 0 Å². The van der Waals surface area contributed by atoms with Crippen LogP contribution in [0, 0.1) is 11.3 Å². The molecule has 1 heterocycles. The fourth-order valence-corrected chi connectivity index (χ4v) is 3.30. The van der Waals surface area contributed by atoms with Gasteiger partial charge in [0, 0.05) is 24.7 Å². The van der Waals surface area contributed by atoms with Crippen LogP contribution in [0.4, 0.5) is 0 Å². The molecule has 116 valence electrons. The second-order valence-electron chi connectivity index (χ2n) is 6.15. The zero-order chi connectivity index (χ0) is 15.5. The monoisotopic (exact) mass is 308 g/mol. The van der Waals surface area contributed by atoms with Crippen LogP contribution in [-0.2, 0) is 11.3 Å². The van der Waals surface area contributed by atoms with Crippen LogP contribution >= 0.6 is 11.6 Å². The molecule has 1 N–H and O–H groups in total. The van der Waals surface area contributed by atoms with Crippen LogP contribution in [0.3, 0.4) is 0 Å². The Kier molecular flexibility index (Phi) is 5.28. The molecule has 1 aromatic carbocycles. The van der Waals surface area contributed by atoms with Gasteiger partial charge in [0.1, 0.15) is 0 Å². The van der Waals surface area contributed by atoms with Crippen LogP contribution in [0.15, 0.2) is 24.3 Å². The first-order valence-corrected chi connectivity index (χ1v) is 8.12. The Morgan fingerprint density at radius 1 is 1.43 bits per heavy atom. The van der Waals surface area contributed by atoms with Crippen molar-refractivity contribution in [2.24, 2.45) is 11.3 Å². The highest BCUT2D eigenvalue weighted by atomic mass is 35.5. The van der Waals surface area contributed by atoms with Crippen molar-refractivity contribution in [2.75, 3.05) is 19.6 Å². The molecule has 21 heavy (non-hydrogen) atoms. The minimum absolute atomic E-state index is 0.255. The lowest BCUT2D eigenvalue weighted by molar-refractivity contribution is -0.144. The maximum atomic E-state index is 13.1. The molecule has 0 aromatic heterocycles. The maximum Gasteiger partial charge on any atom is 0.230 e.